The standard InChI is InChI=1S/C14H20ClN5/c1-6-16-11-9(2)12(20-8-10(15)7-17-20)19-13(18-11)14(3,4)5/h7-8H,6H2,1-5H3,(H,16,18,19). The van der Waals surface area contributed by atoms with Gasteiger partial charge in [0, 0.05) is 17.5 Å². The van der Waals surface area contributed by atoms with E-state index < -0.39 is 0 Å². The Labute approximate surface area is 124 Å². The van der Waals surface area contributed by atoms with Gasteiger partial charge in [-0.1, -0.05) is 32.4 Å². The van der Waals surface area contributed by atoms with Crippen LogP contribution < -0.4 is 5.32 Å². The molecule has 0 bridgehead atoms. The number of nitrogens with one attached hydrogen (secondary N) is 1. The topological polar surface area (TPSA) is 55.6 Å². The van der Waals surface area contributed by atoms with Gasteiger partial charge in [-0.05, 0) is 13.8 Å². The van der Waals surface area contributed by atoms with Gasteiger partial charge in [0.05, 0.1) is 17.4 Å². The molecule has 2 aromatic rings. The lowest BCUT2D eigenvalue weighted by Crippen LogP contribution is -2.20. The van der Waals surface area contributed by atoms with Crippen LogP contribution in [0.25, 0.3) is 5.82 Å². The number of nitrogens with zero attached hydrogens (tertiary/aromatic N) is 4. The second-order valence-corrected chi connectivity index (χ2v) is 6.16. The van der Waals surface area contributed by atoms with Crippen LogP contribution in [0.5, 0.6) is 0 Å². The van der Waals surface area contributed by atoms with Gasteiger partial charge in [-0.15, -0.1) is 0 Å². The van der Waals surface area contributed by atoms with Crippen LogP contribution in [0.1, 0.15) is 39.1 Å². The highest BCUT2D eigenvalue weighted by Crippen LogP contribution is 2.25. The fourth-order valence-electron chi connectivity index (χ4n) is 1.82. The van der Waals surface area contributed by atoms with Crippen molar-refractivity contribution < 1.29 is 0 Å². The molecule has 0 atom stereocenters. The lowest BCUT2D eigenvalue weighted by Gasteiger charge is -2.20. The second kappa shape index (κ2) is 5.40. The van der Waals surface area contributed by atoms with Gasteiger partial charge >= 0.3 is 0 Å². The van der Waals surface area contributed by atoms with E-state index in [0.29, 0.717) is 5.02 Å². The predicted octanol–water partition coefficient (Wildman–Crippen LogP) is 3.35. The summed E-state index contributed by atoms with van der Waals surface area (Å²) in [7, 11) is 0. The summed E-state index contributed by atoms with van der Waals surface area (Å²) in [6.07, 6.45) is 3.35. The van der Waals surface area contributed by atoms with E-state index in [1.54, 1.807) is 17.1 Å². The first-order chi connectivity index (χ1) is 9.32. The highest BCUT2D eigenvalue weighted by Gasteiger charge is 2.22. The molecule has 6 heteroatoms. The van der Waals surface area contributed by atoms with Crippen LogP contribution in [0, 0.1) is 6.92 Å². The molecule has 20 heavy (non-hydrogen) atoms. The molecule has 2 aromatic heterocycles. The zero-order chi connectivity index (χ0) is 14.9. The van der Waals surface area contributed by atoms with Crippen molar-refractivity contribution in [1.29, 1.82) is 0 Å². The Morgan fingerprint density at radius 1 is 1.30 bits per heavy atom. The first kappa shape index (κ1) is 14.8. The minimum absolute atomic E-state index is 0.135. The number of aromatic nitrogens is 4. The van der Waals surface area contributed by atoms with Crippen molar-refractivity contribution in [3.8, 4) is 5.82 Å². The quantitative estimate of drug-likeness (QED) is 0.943. The molecule has 0 fully saturated rings. The molecule has 1 N–H and O–H groups in total. The molecule has 0 saturated heterocycles. The van der Waals surface area contributed by atoms with Crippen molar-refractivity contribution in [2.45, 2.75) is 40.0 Å². The van der Waals surface area contributed by atoms with Gasteiger partial charge in [0.15, 0.2) is 5.82 Å². The Kier molecular flexibility index (Phi) is 3.99. The Morgan fingerprint density at radius 3 is 2.50 bits per heavy atom. The Morgan fingerprint density at radius 2 is 2.00 bits per heavy atom. The first-order valence-electron chi connectivity index (χ1n) is 6.66. The normalized spacial score (nSPS) is 11.7. The summed E-state index contributed by atoms with van der Waals surface area (Å²) in [5.74, 6) is 2.38. The zero-order valence-electron chi connectivity index (χ0n) is 12.5. The van der Waals surface area contributed by atoms with Gasteiger partial charge in [0.2, 0.25) is 0 Å². The molecule has 2 rings (SSSR count). The molecule has 5 nitrogen and oxygen atoms in total. The van der Waals surface area contributed by atoms with Crippen molar-refractivity contribution in [3.05, 3.63) is 28.8 Å². The third-order valence-corrected chi connectivity index (χ3v) is 3.10. The lowest BCUT2D eigenvalue weighted by atomic mass is 9.95. The predicted molar refractivity (Wildman–Crippen MR) is 81.8 cm³/mol. The van der Waals surface area contributed by atoms with E-state index in [-0.39, 0.29) is 5.41 Å². The molecule has 0 spiro atoms. The summed E-state index contributed by atoms with van der Waals surface area (Å²) in [4.78, 5) is 9.29. The number of hydrogen-bond acceptors (Lipinski definition) is 4. The summed E-state index contributed by atoms with van der Waals surface area (Å²) < 4.78 is 1.69. The van der Waals surface area contributed by atoms with E-state index in [2.05, 4.69) is 41.2 Å². The lowest BCUT2D eigenvalue weighted by molar-refractivity contribution is 0.542. The van der Waals surface area contributed by atoms with Crippen molar-refractivity contribution in [1.82, 2.24) is 19.7 Å². The molecule has 0 aliphatic rings. The Balaban J connectivity index is 2.63. The molecular formula is C14H20ClN5. The van der Waals surface area contributed by atoms with Gasteiger partial charge in [0.25, 0.3) is 0 Å². The summed E-state index contributed by atoms with van der Waals surface area (Å²) in [5.41, 5.74) is 0.823. The maximum Gasteiger partial charge on any atom is 0.162 e. The molecule has 0 aromatic carbocycles. The van der Waals surface area contributed by atoms with Crippen molar-refractivity contribution in [2.75, 3.05) is 11.9 Å². The van der Waals surface area contributed by atoms with Gasteiger partial charge in [-0.25, -0.2) is 14.6 Å². The average molecular weight is 294 g/mol. The van der Waals surface area contributed by atoms with Crippen molar-refractivity contribution in [2.24, 2.45) is 0 Å². The monoisotopic (exact) mass is 293 g/mol. The third-order valence-electron chi connectivity index (χ3n) is 2.90. The van der Waals surface area contributed by atoms with E-state index in [9.17, 15) is 0 Å². The fraction of sp³-hybridized carbons (Fsp3) is 0.500. The van der Waals surface area contributed by atoms with E-state index in [4.69, 9.17) is 11.6 Å². The maximum absolute atomic E-state index is 5.95. The smallest absolute Gasteiger partial charge is 0.162 e. The highest BCUT2D eigenvalue weighted by atomic mass is 35.5. The molecule has 0 aliphatic heterocycles. The number of rotatable bonds is 3. The third kappa shape index (κ3) is 2.93. The zero-order valence-corrected chi connectivity index (χ0v) is 13.3. The first-order valence-corrected chi connectivity index (χ1v) is 7.04. The number of anilines is 1. The second-order valence-electron chi connectivity index (χ2n) is 5.73. The molecule has 2 heterocycles. The number of halogens is 1. The van der Waals surface area contributed by atoms with E-state index in [1.165, 1.54) is 0 Å². The average Bonchev–Trinajstić information content (AvgIpc) is 2.77. The molecule has 0 amide bonds. The minimum Gasteiger partial charge on any atom is -0.370 e. The van der Waals surface area contributed by atoms with Crippen LogP contribution in [0.3, 0.4) is 0 Å². The van der Waals surface area contributed by atoms with Crippen LogP contribution in [0.2, 0.25) is 5.02 Å². The maximum atomic E-state index is 5.95. The van der Waals surface area contributed by atoms with Crippen LogP contribution in [-0.4, -0.2) is 26.3 Å². The number of hydrogen-bond donors (Lipinski definition) is 1. The fourth-order valence-corrected chi connectivity index (χ4v) is 1.96. The van der Waals surface area contributed by atoms with E-state index in [0.717, 1.165) is 29.6 Å². The largest absolute Gasteiger partial charge is 0.370 e. The molecule has 108 valence electrons. The van der Waals surface area contributed by atoms with Gasteiger partial charge < -0.3 is 5.32 Å². The molecule has 0 radical (unpaired) electrons. The van der Waals surface area contributed by atoms with E-state index >= 15 is 0 Å². The summed E-state index contributed by atoms with van der Waals surface area (Å²) >= 11 is 5.95. The SMILES string of the molecule is CCNc1nc(C(C)(C)C)nc(-n2cc(Cl)cn2)c1C. The Hall–Kier alpha value is -1.62. The van der Waals surface area contributed by atoms with Gasteiger partial charge in [-0.3, -0.25) is 0 Å². The Bertz CT molecular complexity index is 613. The van der Waals surface area contributed by atoms with Crippen LogP contribution in [-0.2, 0) is 5.41 Å². The summed E-state index contributed by atoms with van der Waals surface area (Å²) in [5, 5.41) is 8.11. The van der Waals surface area contributed by atoms with E-state index in [1.807, 2.05) is 13.8 Å². The van der Waals surface area contributed by atoms with Gasteiger partial charge in [0.1, 0.15) is 11.6 Å². The molecule has 0 aliphatic carbocycles. The molecule has 0 unspecified atom stereocenters. The summed E-state index contributed by atoms with van der Waals surface area (Å²) in [6, 6.07) is 0. The van der Waals surface area contributed by atoms with Crippen LogP contribution in [0.15, 0.2) is 12.4 Å². The van der Waals surface area contributed by atoms with Crippen molar-refractivity contribution >= 4 is 17.4 Å². The minimum atomic E-state index is -0.135. The van der Waals surface area contributed by atoms with Gasteiger partial charge in [-0.2, -0.15) is 5.10 Å². The van der Waals surface area contributed by atoms with Crippen LogP contribution >= 0.6 is 11.6 Å². The summed E-state index contributed by atoms with van der Waals surface area (Å²) in [6.45, 7) is 11.1. The van der Waals surface area contributed by atoms with Crippen LogP contribution in [0.4, 0.5) is 5.82 Å². The van der Waals surface area contributed by atoms with Crippen molar-refractivity contribution in [3.63, 3.8) is 0 Å². The molecule has 0 saturated carbocycles. The molecular weight excluding hydrogens is 274 g/mol. The highest BCUT2D eigenvalue weighted by molar-refractivity contribution is 6.30.